The summed E-state index contributed by atoms with van der Waals surface area (Å²) >= 11 is 0. The molecular formula is C24H22N6O3. The Morgan fingerprint density at radius 1 is 1.00 bits per heavy atom. The number of esters is 1. The fourth-order valence-corrected chi connectivity index (χ4v) is 3.99. The molecular weight excluding hydrogens is 420 g/mol. The fraction of sp³-hybridized carbons (Fsp3) is 0.208. The third kappa shape index (κ3) is 3.47. The maximum atomic E-state index is 12.7. The summed E-state index contributed by atoms with van der Waals surface area (Å²) in [4.78, 5) is 25.4. The number of aromatic nitrogens is 6. The highest BCUT2D eigenvalue weighted by Crippen LogP contribution is 2.17. The predicted molar refractivity (Wildman–Crippen MR) is 123 cm³/mol. The van der Waals surface area contributed by atoms with E-state index >= 15 is 0 Å². The Morgan fingerprint density at radius 3 is 2.45 bits per heavy atom. The van der Waals surface area contributed by atoms with E-state index in [1.807, 2.05) is 61.9 Å². The zero-order valence-electron chi connectivity index (χ0n) is 18.7. The van der Waals surface area contributed by atoms with Crippen molar-refractivity contribution in [3.05, 3.63) is 87.2 Å². The first kappa shape index (κ1) is 20.6. The maximum absolute atomic E-state index is 12.7. The van der Waals surface area contributed by atoms with Crippen LogP contribution in [0.25, 0.3) is 22.4 Å². The average Bonchev–Trinajstić information content (AvgIpc) is 3.38. The van der Waals surface area contributed by atoms with Crippen molar-refractivity contribution >= 4 is 22.6 Å². The van der Waals surface area contributed by atoms with Crippen LogP contribution < -0.4 is 5.56 Å². The highest BCUT2D eigenvalue weighted by Gasteiger charge is 2.17. The van der Waals surface area contributed by atoms with Crippen molar-refractivity contribution < 1.29 is 9.53 Å². The Balaban J connectivity index is 1.42. The van der Waals surface area contributed by atoms with Gasteiger partial charge in [0.2, 0.25) is 5.78 Å². The van der Waals surface area contributed by atoms with Gasteiger partial charge in [-0.15, -0.1) is 10.2 Å². The van der Waals surface area contributed by atoms with Gasteiger partial charge < -0.3 is 4.74 Å². The van der Waals surface area contributed by atoms with Gasteiger partial charge in [0.05, 0.1) is 27.8 Å². The molecule has 2 aromatic carbocycles. The minimum Gasteiger partial charge on any atom is -0.454 e. The molecule has 0 saturated heterocycles. The first-order chi connectivity index (χ1) is 15.8. The van der Waals surface area contributed by atoms with Crippen LogP contribution >= 0.6 is 0 Å². The number of hydrogen-bond donors (Lipinski definition) is 0. The van der Waals surface area contributed by atoms with Crippen molar-refractivity contribution in [2.75, 3.05) is 0 Å². The third-order valence-electron chi connectivity index (χ3n) is 5.63. The normalized spacial score (nSPS) is 11.4. The van der Waals surface area contributed by atoms with Crippen LogP contribution in [0, 0.1) is 20.8 Å². The third-order valence-corrected chi connectivity index (χ3v) is 5.63. The molecule has 3 aromatic heterocycles. The molecule has 0 amide bonds. The van der Waals surface area contributed by atoms with Crippen molar-refractivity contribution in [1.82, 2.24) is 28.9 Å². The van der Waals surface area contributed by atoms with Crippen LogP contribution in [0.15, 0.2) is 53.3 Å². The van der Waals surface area contributed by atoms with Crippen LogP contribution in [-0.4, -0.2) is 34.9 Å². The molecule has 0 aliphatic rings. The van der Waals surface area contributed by atoms with Crippen LogP contribution in [0.1, 0.15) is 33.1 Å². The molecule has 5 rings (SSSR count). The lowest BCUT2D eigenvalue weighted by molar-refractivity contribution is 0.0461. The fourth-order valence-electron chi connectivity index (χ4n) is 3.99. The van der Waals surface area contributed by atoms with Gasteiger partial charge in [-0.25, -0.2) is 9.48 Å². The van der Waals surface area contributed by atoms with Crippen LogP contribution in [0.4, 0.5) is 0 Å². The van der Waals surface area contributed by atoms with E-state index in [1.54, 1.807) is 23.6 Å². The quantitative estimate of drug-likeness (QED) is 0.397. The van der Waals surface area contributed by atoms with Crippen LogP contribution in [0.2, 0.25) is 0 Å². The number of carbonyl (C=O) groups excluding carboxylic acids is 1. The van der Waals surface area contributed by atoms with Crippen LogP contribution in [0.5, 0.6) is 0 Å². The molecule has 0 radical (unpaired) electrons. The number of nitrogens with zero attached hydrogens (tertiary/aromatic N) is 6. The average molecular weight is 442 g/mol. The molecule has 3 heterocycles. The van der Waals surface area contributed by atoms with Crippen molar-refractivity contribution in [3.8, 4) is 5.69 Å². The van der Waals surface area contributed by atoms with Gasteiger partial charge in [-0.3, -0.25) is 13.8 Å². The summed E-state index contributed by atoms with van der Waals surface area (Å²) in [6.07, 6.45) is 0. The summed E-state index contributed by atoms with van der Waals surface area (Å²) in [6.45, 7) is 5.76. The van der Waals surface area contributed by atoms with E-state index in [1.165, 1.54) is 4.57 Å². The predicted octanol–water partition coefficient (Wildman–Crippen LogP) is 3.05. The van der Waals surface area contributed by atoms with Crippen molar-refractivity contribution in [2.45, 2.75) is 27.4 Å². The highest BCUT2D eigenvalue weighted by atomic mass is 16.5. The Labute approximate surface area is 188 Å². The number of hydrogen-bond acceptors (Lipinski definition) is 6. The SMILES string of the molecule is Cc1ccc2c(c1)c(=O)n(C)c1nnc(COC(=O)c3ccc(-n4nc(C)cc4C)cc3)n21. The molecule has 33 heavy (non-hydrogen) atoms. The zero-order valence-corrected chi connectivity index (χ0v) is 18.7. The Morgan fingerprint density at radius 2 is 1.76 bits per heavy atom. The van der Waals surface area contributed by atoms with E-state index < -0.39 is 5.97 Å². The molecule has 5 aromatic rings. The molecule has 0 unspecified atom stereocenters. The number of benzene rings is 2. The lowest BCUT2D eigenvalue weighted by Crippen LogP contribution is -2.20. The van der Waals surface area contributed by atoms with Gasteiger partial charge in [-0.1, -0.05) is 11.6 Å². The molecule has 0 aliphatic heterocycles. The van der Waals surface area contributed by atoms with E-state index in [4.69, 9.17) is 4.74 Å². The second kappa shape index (κ2) is 7.70. The van der Waals surface area contributed by atoms with E-state index in [9.17, 15) is 9.59 Å². The summed E-state index contributed by atoms with van der Waals surface area (Å²) in [5.41, 5.74) is 4.72. The topological polar surface area (TPSA) is 96.3 Å². The van der Waals surface area contributed by atoms with E-state index in [-0.39, 0.29) is 12.2 Å². The molecule has 166 valence electrons. The lowest BCUT2D eigenvalue weighted by Gasteiger charge is -2.09. The Hall–Kier alpha value is -4.27. The summed E-state index contributed by atoms with van der Waals surface area (Å²) in [5.74, 6) is 0.343. The van der Waals surface area contributed by atoms with Crippen molar-refractivity contribution in [2.24, 2.45) is 7.05 Å². The largest absolute Gasteiger partial charge is 0.454 e. The minimum atomic E-state index is -0.475. The molecule has 0 saturated carbocycles. The van der Waals surface area contributed by atoms with Crippen LogP contribution in [0.3, 0.4) is 0 Å². The smallest absolute Gasteiger partial charge is 0.338 e. The number of ether oxygens (including phenoxy) is 1. The molecule has 0 N–H and O–H groups in total. The van der Waals surface area contributed by atoms with Crippen LogP contribution in [-0.2, 0) is 18.4 Å². The standard InChI is InChI=1S/C24H22N6O3/c1-14-5-10-20-19(11-14)22(31)28(4)24-26-25-21(29(20)24)13-33-23(32)17-6-8-18(9-7-17)30-16(3)12-15(2)27-30/h5-12H,13H2,1-4H3. The molecule has 0 atom stereocenters. The van der Waals surface area contributed by atoms with E-state index in [2.05, 4.69) is 15.3 Å². The second-order valence-corrected chi connectivity index (χ2v) is 8.10. The molecule has 0 bridgehead atoms. The maximum Gasteiger partial charge on any atom is 0.338 e. The van der Waals surface area contributed by atoms with Crippen molar-refractivity contribution in [1.29, 1.82) is 0 Å². The number of rotatable bonds is 4. The zero-order chi connectivity index (χ0) is 23.3. The van der Waals surface area contributed by atoms with Gasteiger partial charge in [0.1, 0.15) is 0 Å². The first-order valence-corrected chi connectivity index (χ1v) is 10.5. The number of carbonyl (C=O) groups is 1. The summed E-state index contributed by atoms with van der Waals surface area (Å²) in [6, 6.07) is 14.7. The molecule has 9 heteroatoms. The lowest BCUT2D eigenvalue weighted by atomic mass is 10.1. The molecule has 0 aliphatic carbocycles. The molecule has 0 fully saturated rings. The van der Waals surface area contributed by atoms with Gasteiger partial charge in [-0.2, -0.15) is 5.10 Å². The highest BCUT2D eigenvalue weighted by molar-refractivity contribution is 5.89. The van der Waals surface area contributed by atoms with Gasteiger partial charge >= 0.3 is 5.97 Å². The monoisotopic (exact) mass is 442 g/mol. The Bertz CT molecular complexity index is 1590. The van der Waals surface area contributed by atoms with E-state index in [0.717, 1.165) is 22.6 Å². The van der Waals surface area contributed by atoms with Crippen molar-refractivity contribution in [3.63, 3.8) is 0 Å². The molecule has 0 spiro atoms. The minimum absolute atomic E-state index is 0.0829. The second-order valence-electron chi connectivity index (χ2n) is 8.10. The summed E-state index contributed by atoms with van der Waals surface area (Å²) in [5, 5.41) is 13.3. The van der Waals surface area contributed by atoms with E-state index in [0.29, 0.717) is 28.1 Å². The summed E-state index contributed by atoms with van der Waals surface area (Å²) in [7, 11) is 1.65. The van der Waals surface area contributed by atoms with Gasteiger partial charge in [0, 0.05) is 12.7 Å². The molecule has 9 nitrogen and oxygen atoms in total. The van der Waals surface area contributed by atoms with Gasteiger partial charge in [0.15, 0.2) is 12.4 Å². The Kier molecular flexibility index (Phi) is 4.81. The van der Waals surface area contributed by atoms with Gasteiger partial charge in [0.25, 0.3) is 5.56 Å². The first-order valence-electron chi connectivity index (χ1n) is 10.5. The van der Waals surface area contributed by atoms with Gasteiger partial charge in [-0.05, 0) is 63.2 Å². The number of fused-ring (bicyclic) bond motifs is 3. The summed E-state index contributed by atoms with van der Waals surface area (Å²) < 4.78 is 10.5. The number of aryl methyl sites for hydroxylation is 4.